The standard InChI is InChI=1S/C15H23FN4O/c1-19-7-5-11(6-8-19)10-20(2)14-4-3-12(16)9-13(14)15(17)18-21/h3-4,9,11,21H,5-8,10H2,1-2H3,(H2,17,18). The summed E-state index contributed by atoms with van der Waals surface area (Å²) in [6.45, 7) is 3.09. The molecule has 2 rings (SSSR count). The molecule has 1 aliphatic heterocycles. The number of oxime groups is 1. The van der Waals surface area contributed by atoms with Crippen LogP contribution in [-0.4, -0.2) is 49.7 Å². The second-order valence-corrected chi connectivity index (χ2v) is 5.77. The topological polar surface area (TPSA) is 65.1 Å². The van der Waals surface area contributed by atoms with E-state index in [-0.39, 0.29) is 5.84 Å². The van der Waals surface area contributed by atoms with Crippen LogP contribution in [0.3, 0.4) is 0 Å². The Balaban J connectivity index is 2.13. The Morgan fingerprint density at radius 1 is 1.48 bits per heavy atom. The van der Waals surface area contributed by atoms with E-state index >= 15 is 0 Å². The molecule has 3 N–H and O–H groups in total. The molecule has 6 heteroatoms. The number of halogens is 1. The lowest BCUT2D eigenvalue weighted by atomic mass is 9.96. The third kappa shape index (κ3) is 3.85. The van der Waals surface area contributed by atoms with Crippen LogP contribution in [-0.2, 0) is 0 Å². The molecule has 21 heavy (non-hydrogen) atoms. The molecule has 1 saturated heterocycles. The maximum atomic E-state index is 13.4. The lowest BCUT2D eigenvalue weighted by Crippen LogP contribution is -2.36. The molecular weight excluding hydrogens is 271 g/mol. The minimum atomic E-state index is -0.395. The third-order valence-corrected chi connectivity index (χ3v) is 4.12. The molecule has 0 aromatic heterocycles. The van der Waals surface area contributed by atoms with Gasteiger partial charge in [0.05, 0.1) is 0 Å². The molecule has 0 spiro atoms. The van der Waals surface area contributed by atoms with Crippen LogP contribution in [0.5, 0.6) is 0 Å². The highest BCUT2D eigenvalue weighted by atomic mass is 19.1. The predicted octanol–water partition coefficient (Wildman–Crippen LogP) is 1.70. The molecule has 1 heterocycles. The zero-order valence-electron chi connectivity index (χ0n) is 12.6. The molecule has 0 aliphatic carbocycles. The average molecular weight is 294 g/mol. The van der Waals surface area contributed by atoms with Crippen LogP contribution in [0.4, 0.5) is 10.1 Å². The summed E-state index contributed by atoms with van der Waals surface area (Å²) in [5.74, 6) is 0.143. The molecule has 0 unspecified atom stereocenters. The maximum absolute atomic E-state index is 13.4. The zero-order valence-corrected chi connectivity index (χ0v) is 12.6. The van der Waals surface area contributed by atoms with Crippen molar-refractivity contribution in [3.8, 4) is 0 Å². The second-order valence-electron chi connectivity index (χ2n) is 5.77. The summed E-state index contributed by atoms with van der Waals surface area (Å²) < 4.78 is 13.4. The lowest BCUT2D eigenvalue weighted by molar-refractivity contribution is 0.222. The average Bonchev–Trinajstić information content (AvgIpc) is 2.48. The molecule has 1 aromatic carbocycles. The van der Waals surface area contributed by atoms with E-state index in [1.165, 1.54) is 12.1 Å². The van der Waals surface area contributed by atoms with Crippen LogP contribution in [0, 0.1) is 11.7 Å². The maximum Gasteiger partial charge on any atom is 0.172 e. The van der Waals surface area contributed by atoms with Crippen molar-refractivity contribution in [3.63, 3.8) is 0 Å². The van der Waals surface area contributed by atoms with Gasteiger partial charge in [-0.05, 0) is 57.1 Å². The van der Waals surface area contributed by atoms with Gasteiger partial charge in [-0.15, -0.1) is 0 Å². The van der Waals surface area contributed by atoms with Crippen LogP contribution in [0.2, 0.25) is 0 Å². The molecule has 116 valence electrons. The van der Waals surface area contributed by atoms with Crippen LogP contribution in [0.15, 0.2) is 23.4 Å². The van der Waals surface area contributed by atoms with E-state index in [1.54, 1.807) is 6.07 Å². The Labute approximate surface area is 124 Å². The van der Waals surface area contributed by atoms with Crippen LogP contribution >= 0.6 is 0 Å². The first kappa shape index (κ1) is 15.6. The van der Waals surface area contributed by atoms with Crippen molar-refractivity contribution < 1.29 is 9.60 Å². The van der Waals surface area contributed by atoms with E-state index in [0.29, 0.717) is 11.5 Å². The highest BCUT2D eigenvalue weighted by Gasteiger charge is 2.20. The van der Waals surface area contributed by atoms with Crippen LogP contribution < -0.4 is 10.6 Å². The summed E-state index contributed by atoms with van der Waals surface area (Å²) >= 11 is 0. The van der Waals surface area contributed by atoms with Gasteiger partial charge in [-0.2, -0.15) is 0 Å². The van der Waals surface area contributed by atoms with E-state index in [9.17, 15) is 4.39 Å². The predicted molar refractivity (Wildman–Crippen MR) is 82.4 cm³/mol. The first-order chi connectivity index (χ1) is 10.0. The quantitative estimate of drug-likeness (QED) is 0.384. The first-order valence-corrected chi connectivity index (χ1v) is 7.18. The molecule has 0 radical (unpaired) electrons. The van der Waals surface area contributed by atoms with E-state index in [1.807, 2.05) is 7.05 Å². The van der Waals surface area contributed by atoms with Gasteiger partial charge in [0.1, 0.15) is 5.82 Å². The molecule has 0 amide bonds. The van der Waals surface area contributed by atoms with Crippen molar-refractivity contribution in [1.82, 2.24) is 4.90 Å². The number of hydrogen-bond acceptors (Lipinski definition) is 4. The largest absolute Gasteiger partial charge is 0.409 e. The number of likely N-dealkylation sites (tertiary alicyclic amines) is 1. The number of amidine groups is 1. The second kappa shape index (κ2) is 6.76. The van der Waals surface area contributed by atoms with E-state index < -0.39 is 5.82 Å². The minimum absolute atomic E-state index is 0.0697. The molecule has 0 bridgehead atoms. The molecule has 0 atom stereocenters. The van der Waals surface area contributed by atoms with Crippen molar-refractivity contribution in [1.29, 1.82) is 0 Å². The molecular formula is C15H23FN4O. The lowest BCUT2D eigenvalue weighted by Gasteiger charge is -2.33. The third-order valence-electron chi connectivity index (χ3n) is 4.12. The highest BCUT2D eigenvalue weighted by molar-refractivity contribution is 6.02. The fourth-order valence-electron chi connectivity index (χ4n) is 2.83. The number of hydrogen-bond donors (Lipinski definition) is 2. The van der Waals surface area contributed by atoms with Crippen molar-refractivity contribution in [2.45, 2.75) is 12.8 Å². The van der Waals surface area contributed by atoms with Crippen LogP contribution in [0.25, 0.3) is 0 Å². The normalized spacial score (nSPS) is 18.0. The summed E-state index contributed by atoms with van der Waals surface area (Å²) in [6, 6.07) is 4.38. The van der Waals surface area contributed by atoms with Gasteiger partial charge >= 0.3 is 0 Å². The van der Waals surface area contributed by atoms with Gasteiger partial charge in [-0.3, -0.25) is 0 Å². The number of piperidine rings is 1. The zero-order chi connectivity index (χ0) is 15.4. The van der Waals surface area contributed by atoms with E-state index in [2.05, 4.69) is 22.0 Å². The van der Waals surface area contributed by atoms with Gasteiger partial charge in [-0.1, -0.05) is 5.16 Å². The highest BCUT2D eigenvalue weighted by Crippen LogP contribution is 2.24. The summed E-state index contributed by atoms with van der Waals surface area (Å²) in [6.07, 6.45) is 2.31. The van der Waals surface area contributed by atoms with E-state index in [4.69, 9.17) is 10.9 Å². The Morgan fingerprint density at radius 3 is 2.76 bits per heavy atom. The SMILES string of the molecule is CN1CCC(CN(C)c2ccc(F)cc2C(N)=NO)CC1. The first-order valence-electron chi connectivity index (χ1n) is 7.18. The molecule has 1 aliphatic rings. The van der Waals surface area contributed by atoms with Gasteiger partial charge in [0, 0.05) is 24.8 Å². The Bertz CT molecular complexity index is 512. The summed E-state index contributed by atoms with van der Waals surface area (Å²) in [5.41, 5.74) is 6.86. The Morgan fingerprint density at radius 2 is 2.14 bits per heavy atom. The van der Waals surface area contributed by atoms with Crippen molar-refractivity contribution in [3.05, 3.63) is 29.6 Å². The molecule has 0 saturated carbocycles. The number of rotatable bonds is 4. The fraction of sp³-hybridized carbons (Fsp3) is 0.533. The number of nitrogens with two attached hydrogens (primary N) is 1. The molecule has 5 nitrogen and oxygen atoms in total. The van der Waals surface area contributed by atoms with Crippen molar-refractivity contribution in [2.75, 3.05) is 38.6 Å². The van der Waals surface area contributed by atoms with Gasteiger partial charge < -0.3 is 20.7 Å². The van der Waals surface area contributed by atoms with E-state index in [0.717, 1.165) is 38.2 Å². The van der Waals surface area contributed by atoms with Gasteiger partial charge in [0.25, 0.3) is 0 Å². The summed E-state index contributed by atoms with van der Waals surface area (Å²) in [4.78, 5) is 4.39. The van der Waals surface area contributed by atoms with Gasteiger partial charge in [0.15, 0.2) is 5.84 Å². The monoisotopic (exact) mass is 294 g/mol. The fourth-order valence-corrected chi connectivity index (χ4v) is 2.83. The van der Waals surface area contributed by atoms with Gasteiger partial charge in [-0.25, -0.2) is 4.39 Å². The number of nitrogens with zero attached hydrogens (tertiary/aromatic N) is 3. The number of benzene rings is 1. The molecule has 1 aromatic rings. The van der Waals surface area contributed by atoms with Crippen LogP contribution in [0.1, 0.15) is 18.4 Å². The Hall–Kier alpha value is -1.82. The summed E-state index contributed by atoms with van der Waals surface area (Å²) in [7, 11) is 4.09. The van der Waals surface area contributed by atoms with Crippen molar-refractivity contribution >= 4 is 11.5 Å². The molecule has 1 fully saturated rings. The Kier molecular flexibility index (Phi) is 5.01. The van der Waals surface area contributed by atoms with Gasteiger partial charge in [0.2, 0.25) is 0 Å². The minimum Gasteiger partial charge on any atom is -0.409 e. The van der Waals surface area contributed by atoms with Crippen molar-refractivity contribution in [2.24, 2.45) is 16.8 Å². The smallest absolute Gasteiger partial charge is 0.172 e. The number of anilines is 1. The summed E-state index contributed by atoms with van der Waals surface area (Å²) in [5, 5.41) is 11.8.